The third-order valence-electron chi connectivity index (χ3n) is 6.06. The highest BCUT2D eigenvalue weighted by Crippen LogP contribution is 2.48. The molecule has 2 aliphatic heterocycles. The Labute approximate surface area is 258 Å². The van der Waals surface area contributed by atoms with Gasteiger partial charge in [-0.3, -0.25) is 4.90 Å². The first-order valence-corrected chi connectivity index (χ1v) is 14.4. The summed E-state index contributed by atoms with van der Waals surface area (Å²) >= 11 is 8.12. The summed E-state index contributed by atoms with van der Waals surface area (Å²) in [5.41, 5.74) is 2.50. The molecule has 43 heavy (non-hydrogen) atoms. The van der Waals surface area contributed by atoms with Gasteiger partial charge in [0.15, 0.2) is 0 Å². The molecular formula is C29H34ClN3O9S. The van der Waals surface area contributed by atoms with E-state index in [0.29, 0.717) is 24.3 Å². The van der Waals surface area contributed by atoms with Crippen molar-refractivity contribution in [2.24, 2.45) is 0 Å². The molecule has 0 unspecified atom stereocenters. The Morgan fingerprint density at radius 3 is 1.70 bits per heavy atom. The van der Waals surface area contributed by atoms with Crippen molar-refractivity contribution in [3.63, 3.8) is 0 Å². The Hall–Kier alpha value is -3.88. The molecule has 1 fully saturated rings. The zero-order chi connectivity index (χ0) is 31.8. The summed E-state index contributed by atoms with van der Waals surface area (Å²) in [4.78, 5) is 48.1. The van der Waals surface area contributed by atoms with Crippen LogP contribution in [-0.2, 0) is 19.2 Å². The number of para-hydroxylation sites is 1. The molecular weight excluding hydrogens is 602 g/mol. The van der Waals surface area contributed by atoms with Crippen LogP contribution in [0.25, 0.3) is 0 Å². The van der Waals surface area contributed by atoms with Gasteiger partial charge in [0.2, 0.25) is 0 Å². The second kappa shape index (κ2) is 18.6. The van der Waals surface area contributed by atoms with E-state index in [0.717, 1.165) is 57.3 Å². The molecule has 2 aromatic rings. The van der Waals surface area contributed by atoms with E-state index in [4.69, 9.17) is 37.1 Å². The van der Waals surface area contributed by atoms with Crippen LogP contribution >= 0.6 is 23.4 Å². The minimum Gasteiger partial charge on any atom is -0.478 e. The lowest BCUT2D eigenvalue weighted by molar-refractivity contribution is -0.134. The summed E-state index contributed by atoms with van der Waals surface area (Å²) in [7, 11) is 0. The van der Waals surface area contributed by atoms with Gasteiger partial charge in [0.25, 0.3) is 0 Å². The van der Waals surface area contributed by atoms with E-state index in [1.54, 1.807) is 0 Å². The van der Waals surface area contributed by atoms with Crippen LogP contribution in [-0.4, -0.2) is 112 Å². The number of carboxylic acids is 4. The zero-order valence-electron chi connectivity index (χ0n) is 23.2. The average molecular weight is 636 g/mol. The Bertz CT molecular complexity index is 1250. The number of hydrogen-bond donors (Lipinski definition) is 5. The second-order valence-electron chi connectivity index (χ2n) is 9.11. The zero-order valence-corrected chi connectivity index (χ0v) is 24.8. The molecule has 0 radical (unpaired) electrons. The Kier molecular flexibility index (Phi) is 15.3. The average Bonchev–Trinajstić information content (AvgIpc) is 2.96. The molecule has 0 amide bonds. The van der Waals surface area contributed by atoms with Crippen LogP contribution in [0, 0.1) is 0 Å². The van der Waals surface area contributed by atoms with Gasteiger partial charge in [0.1, 0.15) is 0 Å². The number of nitrogens with zero attached hydrogens (tertiary/aromatic N) is 3. The third kappa shape index (κ3) is 13.3. The van der Waals surface area contributed by atoms with Crippen molar-refractivity contribution in [2.45, 2.75) is 16.2 Å². The van der Waals surface area contributed by atoms with Gasteiger partial charge in [-0.15, -0.1) is 0 Å². The van der Waals surface area contributed by atoms with Crippen molar-refractivity contribution in [3.8, 4) is 0 Å². The molecule has 5 N–H and O–H groups in total. The number of benzene rings is 2. The highest BCUT2D eigenvalue weighted by atomic mass is 35.5. The van der Waals surface area contributed by atoms with Gasteiger partial charge in [-0.1, -0.05) is 35.5 Å². The fraction of sp³-hybridized carbons (Fsp3) is 0.310. The van der Waals surface area contributed by atoms with Crippen LogP contribution in [0.1, 0.15) is 6.42 Å². The van der Waals surface area contributed by atoms with E-state index in [1.165, 1.54) is 21.2 Å². The SMILES string of the molecule is O=C(O)/C=C\C(=O)O.O=C(O)/C=C\C(=O)O.OCCN1CCN(CCCN2c3ccccc3Sc3ccc(Cl)cc32)CC1. The summed E-state index contributed by atoms with van der Waals surface area (Å²) < 4.78 is 0. The largest absolute Gasteiger partial charge is 0.478 e. The summed E-state index contributed by atoms with van der Waals surface area (Å²) in [6.07, 6.45) is 3.35. The molecule has 0 atom stereocenters. The fourth-order valence-corrected chi connectivity index (χ4v) is 5.40. The molecule has 2 aliphatic rings. The molecule has 0 saturated carbocycles. The first kappa shape index (κ1) is 35.3. The highest BCUT2D eigenvalue weighted by Gasteiger charge is 2.23. The quantitative estimate of drug-likeness (QED) is 0.240. The number of aliphatic hydroxyl groups is 1. The topological polar surface area (TPSA) is 179 Å². The molecule has 12 nitrogen and oxygen atoms in total. The summed E-state index contributed by atoms with van der Waals surface area (Å²) in [5.74, 6) is -5.03. The lowest BCUT2D eigenvalue weighted by atomic mass is 10.2. The number of fused-ring (bicyclic) bond motifs is 2. The van der Waals surface area contributed by atoms with Gasteiger partial charge in [0.05, 0.1) is 18.0 Å². The number of piperazine rings is 1. The monoisotopic (exact) mass is 635 g/mol. The molecule has 2 heterocycles. The van der Waals surface area contributed by atoms with Crippen molar-refractivity contribution in [3.05, 3.63) is 71.8 Å². The summed E-state index contributed by atoms with van der Waals surface area (Å²) in [6, 6.07) is 14.8. The highest BCUT2D eigenvalue weighted by molar-refractivity contribution is 7.99. The van der Waals surface area contributed by atoms with Gasteiger partial charge < -0.3 is 35.3 Å². The number of anilines is 2. The van der Waals surface area contributed by atoms with E-state index in [-0.39, 0.29) is 6.61 Å². The summed E-state index contributed by atoms with van der Waals surface area (Å²) in [6.45, 7) is 7.45. The maximum absolute atomic E-state index is 9.55. The molecule has 0 bridgehead atoms. The van der Waals surface area contributed by atoms with Crippen LogP contribution in [0.5, 0.6) is 0 Å². The number of rotatable bonds is 10. The number of aliphatic carboxylic acids is 4. The molecule has 0 aromatic heterocycles. The van der Waals surface area contributed by atoms with Crippen molar-refractivity contribution in [1.29, 1.82) is 0 Å². The van der Waals surface area contributed by atoms with Crippen molar-refractivity contribution in [2.75, 3.05) is 57.3 Å². The number of aliphatic hydroxyl groups excluding tert-OH is 1. The number of β-amino-alcohol motifs (C(OH)–C–C–N with tert-alkyl or cyclic N) is 1. The Balaban J connectivity index is 0.000000334. The molecule has 2 aromatic carbocycles. The summed E-state index contributed by atoms with van der Waals surface area (Å²) in [5, 5.41) is 41.1. The molecule has 14 heteroatoms. The first-order chi connectivity index (χ1) is 20.5. The smallest absolute Gasteiger partial charge is 0.328 e. The van der Waals surface area contributed by atoms with E-state index in [2.05, 4.69) is 51.1 Å². The molecule has 0 spiro atoms. The normalized spacial score (nSPS) is 14.6. The molecule has 4 rings (SSSR count). The van der Waals surface area contributed by atoms with Crippen LogP contribution < -0.4 is 4.90 Å². The van der Waals surface area contributed by atoms with Crippen LogP contribution in [0.15, 0.2) is 76.6 Å². The molecule has 232 valence electrons. The van der Waals surface area contributed by atoms with Crippen LogP contribution in [0.2, 0.25) is 5.02 Å². The van der Waals surface area contributed by atoms with Crippen molar-refractivity contribution < 1.29 is 44.7 Å². The lowest BCUT2D eigenvalue weighted by Crippen LogP contribution is -2.47. The number of halogens is 1. The van der Waals surface area contributed by atoms with E-state index >= 15 is 0 Å². The van der Waals surface area contributed by atoms with Crippen molar-refractivity contribution >= 4 is 58.6 Å². The van der Waals surface area contributed by atoms with Gasteiger partial charge in [-0.2, -0.15) is 0 Å². The first-order valence-electron chi connectivity index (χ1n) is 13.2. The van der Waals surface area contributed by atoms with Gasteiger partial charge in [0, 0.05) is 78.4 Å². The third-order valence-corrected chi connectivity index (χ3v) is 7.43. The maximum Gasteiger partial charge on any atom is 0.328 e. The van der Waals surface area contributed by atoms with Crippen LogP contribution in [0.4, 0.5) is 11.4 Å². The Morgan fingerprint density at radius 2 is 1.19 bits per heavy atom. The fourth-order valence-electron chi connectivity index (χ4n) is 4.16. The maximum atomic E-state index is 9.55. The predicted molar refractivity (Wildman–Crippen MR) is 162 cm³/mol. The van der Waals surface area contributed by atoms with E-state index in [1.807, 2.05) is 17.8 Å². The van der Waals surface area contributed by atoms with E-state index < -0.39 is 23.9 Å². The minimum atomic E-state index is -1.26. The molecule has 0 aliphatic carbocycles. The van der Waals surface area contributed by atoms with Crippen molar-refractivity contribution in [1.82, 2.24) is 9.80 Å². The Morgan fingerprint density at radius 1 is 0.698 bits per heavy atom. The minimum absolute atomic E-state index is 0.258. The number of hydrogen-bond acceptors (Lipinski definition) is 9. The second-order valence-corrected chi connectivity index (χ2v) is 10.6. The van der Waals surface area contributed by atoms with Crippen LogP contribution in [0.3, 0.4) is 0 Å². The van der Waals surface area contributed by atoms with Gasteiger partial charge in [-0.05, 0) is 43.3 Å². The number of carboxylic acid groups (broad SMARTS) is 4. The number of carbonyl (C=O) groups is 4. The lowest BCUT2D eigenvalue weighted by Gasteiger charge is -2.36. The standard InChI is InChI=1S/C21H26ClN3OS.2C4H4O4/c22-17-6-7-21-19(16-17)25(18-4-1-2-5-20(18)27-21)9-3-8-23-10-12-24(13-11-23)14-15-26;2*5-3(6)1-2-4(7)8/h1-2,4-7,16,26H,3,8-15H2;2*1-2H,(H,5,6)(H,7,8)/b;2*2-1-. The van der Waals surface area contributed by atoms with Gasteiger partial charge in [-0.25, -0.2) is 19.2 Å². The predicted octanol–water partition coefficient (Wildman–Crippen LogP) is 3.37. The van der Waals surface area contributed by atoms with E-state index in [9.17, 15) is 19.2 Å². The molecule has 1 saturated heterocycles. The van der Waals surface area contributed by atoms with Gasteiger partial charge >= 0.3 is 23.9 Å².